The van der Waals surface area contributed by atoms with E-state index in [0.29, 0.717) is 0 Å². The summed E-state index contributed by atoms with van der Waals surface area (Å²) in [4.78, 5) is 12.3. The summed E-state index contributed by atoms with van der Waals surface area (Å²) in [6, 6.07) is -0.453. The number of β-amino-alcohol motifs (C(OH)–C–C–N with tert-alkyl or cyclic N) is 1. The molecule has 1 aliphatic heterocycles. The molecule has 0 fully saturated rings. The third-order valence-electron chi connectivity index (χ3n) is 1.63. The summed E-state index contributed by atoms with van der Waals surface area (Å²) in [6.45, 7) is 0.00944. The van der Waals surface area contributed by atoms with Crippen LogP contribution in [-0.2, 0) is 4.74 Å². The molecule has 1 aliphatic rings. The van der Waals surface area contributed by atoms with Crippen molar-refractivity contribution in [1.82, 2.24) is 10.3 Å². The molecule has 4 N–H and O–H groups in total. The Morgan fingerprint density at radius 3 is 3.23 bits per heavy atom. The van der Waals surface area contributed by atoms with E-state index in [-0.39, 0.29) is 6.54 Å². The molecule has 0 saturated carbocycles. The van der Waals surface area contributed by atoms with Crippen molar-refractivity contribution in [3.63, 3.8) is 0 Å². The molecule has 2 unspecified atom stereocenters. The lowest BCUT2D eigenvalue weighted by atomic mass is 10.4. The zero-order chi connectivity index (χ0) is 9.84. The number of nitrogens with zero attached hydrogens (tertiary/aromatic N) is 2. The minimum absolute atomic E-state index is 0.00944. The van der Waals surface area contributed by atoms with Gasteiger partial charge in [0.05, 0.1) is 12.8 Å². The van der Waals surface area contributed by atoms with Crippen molar-refractivity contribution >= 4 is 12.2 Å². The molecule has 0 aromatic rings. The lowest BCUT2D eigenvalue weighted by Gasteiger charge is -2.29. The van der Waals surface area contributed by atoms with Crippen LogP contribution in [0.4, 0.5) is 4.79 Å². The number of aliphatic hydroxyl groups is 1. The van der Waals surface area contributed by atoms with Gasteiger partial charge in [-0.05, 0) is 0 Å². The van der Waals surface area contributed by atoms with Crippen LogP contribution in [0.2, 0.25) is 0 Å². The number of carbonyl (C=O) groups is 1. The van der Waals surface area contributed by atoms with Crippen LogP contribution in [0.1, 0.15) is 0 Å². The Bertz CT molecular complexity index is 220. The second-order valence-electron chi connectivity index (χ2n) is 2.53. The van der Waals surface area contributed by atoms with Crippen molar-refractivity contribution in [3.05, 3.63) is 0 Å². The monoisotopic (exact) mass is 188 g/mol. The van der Waals surface area contributed by atoms with Crippen LogP contribution in [0, 0.1) is 0 Å². The normalized spacial score (nSPS) is 24.4. The number of amides is 2. The molecule has 7 nitrogen and oxygen atoms in total. The second-order valence-corrected chi connectivity index (χ2v) is 2.53. The maximum absolute atomic E-state index is 11.1. The molecule has 0 spiro atoms. The van der Waals surface area contributed by atoms with Crippen molar-refractivity contribution < 1.29 is 14.6 Å². The molecular formula is C6H12N4O3. The highest BCUT2D eigenvalue weighted by atomic mass is 16.6. The van der Waals surface area contributed by atoms with Crippen molar-refractivity contribution in [2.45, 2.75) is 12.5 Å². The average molecular weight is 188 g/mol. The van der Waals surface area contributed by atoms with Gasteiger partial charge in [0.25, 0.3) is 0 Å². The first kappa shape index (κ1) is 9.90. The fourth-order valence-electron chi connectivity index (χ4n) is 0.896. The predicted molar refractivity (Wildman–Crippen MR) is 44.7 cm³/mol. The van der Waals surface area contributed by atoms with Crippen molar-refractivity contribution in [2.24, 2.45) is 10.8 Å². The van der Waals surface area contributed by atoms with Gasteiger partial charge in [-0.25, -0.2) is 10.2 Å². The molecule has 74 valence electrons. The third-order valence-corrected chi connectivity index (χ3v) is 1.63. The summed E-state index contributed by atoms with van der Waals surface area (Å²) in [5, 5.41) is 12.6. The quantitative estimate of drug-likeness (QED) is 0.457. The molecule has 2 atom stereocenters. The van der Waals surface area contributed by atoms with E-state index in [4.69, 9.17) is 10.8 Å². The van der Waals surface area contributed by atoms with Gasteiger partial charge in [-0.2, -0.15) is 5.10 Å². The van der Waals surface area contributed by atoms with E-state index in [0.717, 1.165) is 0 Å². The summed E-state index contributed by atoms with van der Waals surface area (Å²) in [5.74, 6) is 0. The van der Waals surface area contributed by atoms with Crippen LogP contribution in [-0.4, -0.2) is 48.4 Å². The van der Waals surface area contributed by atoms with Crippen LogP contribution in [0.25, 0.3) is 0 Å². The molecule has 7 heteroatoms. The van der Waals surface area contributed by atoms with Gasteiger partial charge in [0.15, 0.2) is 6.29 Å². The Labute approximate surface area is 75.1 Å². The second kappa shape index (κ2) is 4.17. The maximum Gasteiger partial charge on any atom is 0.339 e. The number of methoxy groups -OCH3 is 1. The first-order valence-corrected chi connectivity index (χ1v) is 3.71. The highest BCUT2D eigenvalue weighted by Crippen LogP contribution is 2.00. The molecule has 0 radical (unpaired) electrons. The van der Waals surface area contributed by atoms with Crippen LogP contribution < -0.4 is 11.2 Å². The number of rotatable bonds is 3. The summed E-state index contributed by atoms with van der Waals surface area (Å²) in [5.41, 5.74) is 7.72. The summed E-state index contributed by atoms with van der Waals surface area (Å²) < 4.78 is 4.58. The van der Waals surface area contributed by atoms with Crippen molar-refractivity contribution in [1.29, 1.82) is 0 Å². The standard InChI is InChI=1S/C6H12N4O3/c1-13-5(11)3-10-4(7)2-8-9-6(10)12/h2,4-5,11H,3,7H2,1H3,(H,9,12). The van der Waals surface area contributed by atoms with Crippen LogP contribution in [0.3, 0.4) is 0 Å². The Hall–Kier alpha value is -1.18. The largest absolute Gasteiger partial charge is 0.366 e. The number of nitrogens with two attached hydrogens (primary N) is 1. The number of aliphatic hydroxyl groups excluding tert-OH is 1. The molecule has 0 aromatic carbocycles. The number of carbonyl (C=O) groups excluding carboxylic acids is 1. The van der Waals surface area contributed by atoms with Gasteiger partial charge in [0.2, 0.25) is 0 Å². The van der Waals surface area contributed by atoms with Crippen molar-refractivity contribution in [3.8, 4) is 0 Å². The summed E-state index contributed by atoms with van der Waals surface area (Å²) in [7, 11) is 1.34. The molecule has 13 heavy (non-hydrogen) atoms. The Kier molecular flexibility index (Phi) is 3.18. The SMILES string of the molecule is COC(O)CN1C(=O)NN=CC1N. The molecule has 0 aromatic heterocycles. The minimum atomic E-state index is -1.04. The first-order valence-electron chi connectivity index (χ1n) is 3.71. The average Bonchev–Trinajstić information content (AvgIpc) is 2.11. The maximum atomic E-state index is 11.1. The zero-order valence-electron chi connectivity index (χ0n) is 7.17. The highest BCUT2D eigenvalue weighted by Gasteiger charge is 2.24. The minimum Gasteiger partial charge on any atom is -0.366 e. The van der Waals surface area contributed by atoms with Crippen LogP contribution >= 0.6 is 0 Å². The predicted octanol–water partition coefficient (Wildman–Crippen LogP) is -1.75. The first-order chi connectivity index (χ1) is 6.15. The molecule has 0 aliphatic carbocycles. The van der Waals surface area contributed by atoms with E-state index >= 15 is 0 Å². The van der Waals surface area contributed by atoms with Gasteiger partial charge >= 0.3 is 6.03 Å². The number of urea groups is 1. The zero-order valence-corrected chi connectivity index (χ0v) is 7.17. The van der Waals surface area contributed by atoms with Gasteiger partial charge < -0.3 is 15.6 Å². The molecule has 1 heterocycles. The fourth-order valence-corrected chi connectivity index (χ4v) is 0.896. The molecule has 0 bridgehead atoms. The third kappa shape index (κ3) is 2.38. The number of ether oxygens (including phenoxy) is 1. The molecule has 1 rings (SSSR count). The van der Waals surface area contributed by atoms with Crippen LogP contribution in [0.5, 0.6) is 0 Å². The van der Waals surface area contributed by atoms with E-state index in [1.807, 2.05) is 0 Å². The van der Waals surface area contributed by atoms with E-state index in [1.54, 1.807) is 0 Å². The topological polar surface area (TPSA) is 100 Å². The molecular weight excluding hydrogens is 176 g/mol. The smallest absolute Gasteiger partial charge is 0.339 e. The van der Waals surface area contributed by atoms with Gasteiger partial charge in [-0.1, -0.05) is 0 Å². The highest BCUT2D eigenvalue weighted by molar-refractivity contribution is 5.82. The van der Waals surface area contributed by atoms with Crippen LogP contribution in [0.15, 0.2) is 5.10 Å². The van der Waals surface area contributed by atoms with Gasteiger partial charge in [-0.3, -0.25) is 4.90 Å². The number of hydrazone groups is 1. The van der Waals surface area contributed by atoms with Crippen molar-refractivity contribution in [2.75, 3.05) is 13.7 Å². The Morgan fingerprint density at radius 1 is 2.00 bits per heavy atom. The molecule has 0 saturated heterocycles. The van der Waals surface area contributed by atoms with Gasteiger partial charge in [0.1, 0.15) is 6.17 Å². The van der Waals surface area contributed by atoms with E-state index in [9.17, 15) is 4.79 Å². The van der Waals surface area contributed by atoms with E-state index in [1.165, 1.54) is 18.2 Å². The number of nitrogens with one attached hydrogen (secondary N) is 1. The molecule has 2 amide bonds. The van der Waals surface area contributed by atoms with Gasteiger partial charge in [0, 0.05) is 7.11 Å². The van der Waals surface area contributed by atoms with E-state index < -0.39 is 18.5 Å². The lowest BCUT2D eigenvalue weighted by molar-refractivity contribution is -0.0866. The fraction of sp³-hybridized carbons (Fsp3) is 0.667. The summed E-state index contributed by atoms with van der Waals surface area (Å²) >= 11 is 0. The Morgan fingerprint density at radius 2 is 2.69 bits per heavy atom. The van der Waals surface area contributed by atoms with E-state index in [2.05, 4.69) is 15.3 Å². The summed E-state index contributed by atoms with van der Waals surface area (Å²) in [6.07, 6.45) is -0.300. The number of hydrogen-bond donors (Lipinski definition) is 3. The number of hydrogen-bond acceptors (Lipinski definition) is 5. The Balaban J connectivity index is 2.56. The van der Waals surface area contributed by atoms with Gasteiger partial charge in [-0.15, -0.1) is 0 Å². The lowest BCUT2D eigenvalue weighted by Crippen LogP contribution is -2.55.